The summed E-state index contributed by atoms with van der Waals surface area (Å²) in [6, 6.07) is 14.5. The highest BCUT2D eigenvalue weighted by Gasteiger charge is 2.18. The molecule has 0 aliphatic carbocycles. The van der Waals surface area contributed by atoms with E-state index in [1.54, 1.807) is 25.1 Å². The maximum Gasteiger partial charge on any atom is 0.283 e. The second-order valence-electron chi connectivity index (χ2n) is 8.44. The summed E-state index contributed by atoms with van der Waals surface area (Å²) in [7, 11) is 1.52. The molecule has 200 valence electrons. The zero-order valence-corrected chi connectivity index (χ0v) is 23.6. The number of carbonyl (C=O) groups excluding carboxylic acids is 1. The number of amides is 1. The van der Waals surface area contributed by atoms with Crippen LogP contribution in [0.3, 0.4) is 0 Å². The molecule has 6 nitrogen and oxygen atoms in total. The van der Waals surface area contributed by atoms with E-state index < -0.39 is 12.3 Å². The second-order valence-corrected chi connectivity index (χ2v) is 10.8. The minimum absolute atomic E-state index is 0.229. The van der Waals surface area contributed by atoms with Gasteiger partial charge in [-0.3, -0.25) is 4.79 Å². The fourth-order valence-electron chi connectivity index (χ4n) is 3.85. The molecule has 2 heterocycles. The SMILES string of the molecule is CCc1ccc2c(Cl)c(C(=O)NN=Cc3ccc(OC)c(CSc4nc(C(F)F)cc(C)c4C#N)c3)sc2c1. The zero-order valence-electron chi connectivity index (χ0n) is 21.2. The van der Waals surface area contributed by atoms with Gasteiger partial charge in [0.25, 0.3) is 12.3 Å². The lowest BCUT2D eigenvalue weighted by atomic mass is 10.1. The Labute approximate surface area is 237 Å². The van der Waals surface area contributed by atoms with E-state index >= 15 is 0 Å². The standard InChI is InChI=1S/C28H23ClF2N4O2S2/c1-4-16-5-7-19-23(11-16)39-25(24(19)29)27(36)35-33-13-17-6-8-22(37-3)18(10-17)14-38-28-20(12-32)15(2)9-21(34-28)26(30)31/h5-11,13,26H,4,14H2,1-3H3,(H,35,36). The third-order valence-corrected chi connectivity index (χ3v) is 8.58. The number of halogens is 3. The van der Waals surface area contributed by atoms with Gasteiger partial charge in [0.05, 0.1) is 23.9 Å². The van der Waals surface area contributed by atoms with E-state index in [0.29, 0.717) is 32.5 Å². The van der Waals surface area contributed by atoms with E-state index in [4.69, 9.17) is 16.3 Å². The van der Waals surface area contributed by atoms with Gasteiger partial charge >= 0.3 is 0 Å². The highest BCUT2D eigenvalue weighted by molar-refractivity contribution is 7.98. The van der Waals surface area contributed by atoms with E-state index in [9.17, 15) is 18.8 Å². The summed E-state index contributed by atoms with van der Waals surface area (Å²) in [5.41, 5.74) is 5.43. The Morgan fingerprint density at radius 3 is 2.79 bits per heavy atom. The van der Waals surface area contributed by atoms with Crippen molar-refractivity contribution in [2.24, 2.45) is 5.10 Å². The van der Waals surface area contributed by atoms with Gasteiger partial charge in [-0.15, -0.1) is 23.1 Å². The maximum atomic E-state index is 13.3. The quantitative estimate of drug-likeness (QED) is 0.124. The number of thioether (sulfide) groups is 1. The van der Waals surface area contributed by atoms with Crippen LogP contribution in [0.5, 0.6) is 5.75 Å². The molecule has 0 aliphatic heterocycles. The van der Waals surface area contributed by atoms with Crippen LogP contribution < -0.4 is 10.2 Å². The second kappa shape index (κ2) is 12.6. The lowest BCUT2D eigenvalue weighted by Crippen LogP contribution is -2.16. The number of hydrogen-bond donors (Lipinski definition) is 1. The van der Waals surface area contributed by atoms with Crippen LogP contribution in [0.2, 0.25) is 5.02 Å². The van der Waals surface area contributed by atoms with Crippen LogP contribution in [0.1, 0.15) is 56.5 Å². The fourth-order valence-corrected chi connectivity index (χ4v) is 6.36. The number of nitrogens with one attached hydrogen (secondary N) is 1. The lowest BCUT2D eigenvalue weighted by Gasteiger charge is -2.11. The molecule has 4 rings (SSSR count). The van der Waals surface area contributed by atoms with Crippen molar-refractivity contribution in [1.29, 1.82) is 5.26 Å². The number of benzene rings is 2. The minimum Gasteiger partial charge on any atom is -0.496 e. The van der Waals surface area contributed by atoms with Crippen molar-refractivity contribution in [2.45, 2.75) is 37.5 Å². The summed E-state index contributed by atoms with van der Waals surface area (Å²) in [6.45, 7) is 3.67. The number of rotatable bonds is 9. The smallest absolute Gasteiger partial charge is 0.283 e. The largest absolute Gasteiger partial charge is 0.496 e. The molecule has 0 aliphatic rings. The molecule has 0 unspecified atom stereocenters. The molecule has 0 saturated heterocycles. The summed E-state index contributed by atoms with van der Waals surface area (Å²) in [5.74, 6) is 0.471. The molecule has 11 heteroatoms. The Bertz CT molecular complexity index is 1620. The average Bonchev–Trinajstić information content (AvgIpc) is 3.27. The molecule has 0 radical (unpaired) electrons. The Hall–Kier alpha value is -3.52. The van der Waals surface area contributed by atoms with Crippen LogP contribution in [-0.2, 0) is 12.2 Å². The van der Waals surface area contributed by atoms with Gasteiger partial charge in [0, 0.05) is 21.4 Å². The molecule has 4 aromatic rings. The highest BCUT2D eigenvalue weighted by atomic mass is 35.5. The first kappa shape index (κ1) is 28.5. The van der Waals surface area contributed by atoms with Crippen molar-refractivity contribution in [1.82, 2.24) is 10.4 Å². The normalized spacial score (nSPS) is 11.3. The number of pyridine rings is 1. The first-order valence-electron chi connectivity index (χ1n) is 11.8. The van der Waals surface area contributed by atoms with Gasteiger partial charge in [0.15, 0.2) is 0 Å². The molecule has 1 N–H and O–H groups in total. The molecule has 0 spiro atoms. The van der Waals surface area contributed by atoms with E-state index in [-0.39, 0.29) is 16.3 Å². The zero-order chi connectivity index (χ0) is 28.1. The minimum atomic E-state index is -2.74. The fraction of sp³-hybridized carbons (Fsp3) is 0.214. The number of aryl methyl sites for hydroxylation is 2. The number of hydrazone groups is 1. The van der Waals surface area contributed by atoms with Gasteiger partial charge in [-0.2, -0.15) is 10.4 Å². The molecule has 1 amide bonds. The summed E-state index contributed by atoms with van der Waals surface area (Å²) < 4.78 is 32.9. The van der Waals surface area contributed by atoms with Crippen molar-refractivity contribution in [2.75, 3.05) is 7.11 Å². The molecular weight excluding hydrogens is 562 g/mol. The number of fused-ring (bicyclic) bond motifs is 1. The first-order valence-corrected chi connectivity index (χ1v) is 14.0. The topological polar surface area (TPSA) is 87.4 Å². The molecule has 0 bridgehead atoms. The van der Waals surface area contributed by atoms with Gasteiger partial charge in [0.1, 0.15) is 27.4 Å². The van der Waals surface area contributed by atoms with Crippen molar-refractivity contribution >= 4 is 56.9 Å². The third-order valence-electron chi connectivity index (χ3n) is 5.90. The molecule has 0 atom stereocenters. The number of ether oxygens (including phenoxy) is 1. The van der Waals surface area contributed by atoms with Gasteiger partial charge in [-0.25, -0.2) is 19.2 Å². The number of hydrogen-bond acceptors (Lipinski definition) is 7. The third kappa shape index (κ3) is 6.38. The summed E-state index contributed by atoms with van der Waals surface area (Å²) in [5, 5.41) is 15.0. The van der Waals surface area contributed by atoms with Gasteiger partial charge in [-0.1, -0.05) is 30.7 Å². The van der Waals surface area contributed by atoms with Crippen LogP contribution in [0.4, 0.5) is 8.78 Å². The summed E-state index contributed by atoms with van der Waals surface area (Å²) in [6.07, 6.45) is -0.365. The number of methoxy groups -OCH3 is 1. The summed E-state index contributed by atoms with van der Waals surface area (Å²) >= 11 is 8.94. The maximum absolute atomic E-state index is 13.3. The monoisotopic (exact) mass is 584 g/mol. The number of aromatic nitrogens is 1. The Kier molecular flexibility index (Phi) is 9.17. The lowest BCUT2D eigenvalue weighted by molar-refractivity contribution is 0.0959. The Morgan fingerprint density at radius 2 is 2.10 bits per heavy atom. The first-order chi connectivity index (χ1) is 18.7. The molecule has 0 fully saturated rings. The Balaban J connectivity index is 1.50. The number of alkyl halides is 2. The molecule has 0 saturated carbocycles. The number of nitrogens with zero attached hydrogens (tertiary/aromatic N) is 3. The molecular formula is C28H23ClF2N4O2S2. The van der Waals surface area contributed by atoms with E-state index in [0.717, 1.165) is 27.6 Å². The summed E-state index contributed by atoms with van der Waals surface area (Å²) in [4.78, 5) is 17.1. The average molecular weight is 585 g/mol. The van der Waals surface area contributed by atoms with Crippen LogP contribution in [0.15, 0.2) is 52.6 Å². The molecule has 39 heavy (non-hydrogen) atoms. The van der Waals surface area contributed by atoms with Crippen molar-refractivity contribution in [3.63, 3.8) is 0 Å². The number of thiophene rings is 1. The van der Waals surface area contributed by atoms with Gasteiger partial charge in [0.2, 0.25) is 0 Å². The number of carbonyl (C=O) groups is 1. The Morgan fingerprint density at radius 1 is 1.31 bits per heavy atom. The van der Waals surface area contributed by atoms with Crippen molar-refractivity contribution in [3.05, 3.63) is 85.9 Å². The van der Waals surface area contributed by atoms with Gasteiger partial charge in [-0.05, 0) is 60.4 Å². The van der Waals surface area contributed by atoms with E-state index in [1.165, 1.54) is 42.5 Å². The van der Waals surface area contributed by atoms with Crippen LogP contribution >= 0.6 is 34.7 Å². The predicted octanol–water partition coefficient (Wildman–Crippen LogP) is 7.69. The van der Waals surface area contributed by atoms with Crippen molar-refractivity contribution in [3.8, 4) is 11.8 Å². The molecule has 2 aromatic carbocycles. The van der Waals surface area contributed by atoms with E-state index in [1.807, 2.05) is 24.3 Å². The number of nitriles is 1. The predicted molar refractivity (Wildman–Crippen MR) is 152 cm³/mol. The van der Waals surface area contributed by atoms with Crippen molar-refractivity contribution < 1.29 is 18.3 Å². The highest BCUT2D eigenvalue weighted by Crippen LogP contribution is 2.36. The van der Waals surface area contributed by atoms with Crippen LogP contribution in [0, 0.1) is 18.3 Å². The van der Waals surface area contributed by atoms with E-state index in [2.05, 4.69) is 22.4 Å². The van der Waals surface area contributed by atoms with Crippen LogP contribution in [0.25, 0.3) is 10.1 Å². The van der Waals surface area contributed by atoms with Crippen LogP contribution in [-0.4, -0.2) is 24.2 Å². The molecule has 2 aromatic heterocycles. The van der Waals surface area contributed by atoms with Gasteiger partial charge < -0.3 is 4.74 Å².